The van der Waals surface area contributed by atoms with Gasteiger partial charge in [-0.25, -0.2) is 4.98 Å². The SMILES string of the molecule is CC.COC(=O)CC(O)C(C)CSc1ccc(C(F)(F)F)cn1. The second-order valence-corrected chi connectivity index (χ2v) is 5.56. The minimum absolute atomic E-state index is 0.112. The molecule has 8 heteroatoms. The van der Waals surface area contributed by atoms with E-state index in [4.69, 9.17) is 0 Å². The molecule has 0 saturated carbocycles. The smallest absolute Gasteiger partial charge is 0.417 e. The van der Waals surface area contributed by atoms with Gasteiger partial charge >= 0.3 is 12.1 Å². The van der Waals surface area contributed by atoms with Crippen LogP contribution in [0.2, 0.25) is 0 Å². The highest BCUT2D eigenvalue weighted by Crippen LogP contribution is 2.30. The van der Waals surface area contributed by atoms with Crippen LogP contribution in [0, 0.1) is 5.92 Å². The fourth-order valence-electron chi connectivity index (χ4n) is 1.42. The molecule has 132 valence electrons. The van der Waals surface area contributed by atoms with E-state index >= 15 is 0 Å². The number of nitrogens with zero attached hydrogens (tertiary/aromatic N) is 1. The number of carbonyl (C=O) groups is 1. The zero-order valence-corrected chi connectivity index (χ0v) is 14.4. The molecule has 23 heavy (non-hydrogen) atoms. The molecule has 0 fully saturated rings. The number of ether oxygens (including phenoxy) is 1. The number of hydrogen-bond acceptors (Lipinski definition) is 5. The van der Waals surface area contributed by atoms with E-state index in [1.54, 1.807) is 6.92 Å². The van der Waals surface area contributed by atoms with Crippen LogP contribution < -0.4 is 0 Å². The lowest BCUT2D eigenvalue weighted by Crippen LogP contribution is -2.23. The third-order valence-electron chi connectivity index (χ3n) is 2.82. The van der Waals surface area contributed by atoms with Crippen molar-refractivity contribution in [1.82, 2.24) is 4.98 Å². The molecule has 1 aromatic rings. The van der Waals surface area contributed by atoms with E-state index in [1.807, 2.05) is 13.8 Å². The molecule has 1 N–H and O–H groups in total. The van der Waals surface area contributed by atoms with E-state index in [9.17, 15) is 23.1 Å². The summed E-state index contributed by atoms with van der Waals surface area (Å²) in [5, 5.41) is 10.2. The fraction of sp³-hybridized carbons (Fsp3) is 0.600. The lowest BCUT2D eigenvalue weighted by atomic mass is 10.0. The minimum atomic E-state index is -4.40. The molecule has 0 saturated heterocycles. The number of esters is 1. The fourth-order valence-corrected chi connectivity index (χ4v) is 2.36. The summed E-state index contributed by atoms with van der Waals surface area (Å²) in [5.74, 6) is -0.304. The lowest BCUT2D eigenvalue weighted by molar-refractivity contribution is -0.143. The number of hydrogen-bond donors (Lipinski definition) is 1. The van der Waals surface area contributed by atoms with Crippen LogP contribution in [0.5, 0.6) is 0 Å². The van der Waals surface area contributed by atoms with Gasteiger partial charge in [-0.05, 0) is 18.1 Å². The van der Waals surface area contributed by atoms with E-state index in [1.165, 1.54) is 24.9 Å². The van der Waals surface area contributed by atoms with E-state index in [0.29, 0.717) is 10.8 Å². The summed E-state index contributed by atoms with van der Waals surface area (Å²) in [5.41, 5.74) is -0.800. The Hall–Kier alpha value is -1.28. The molecule has 0 aliphatic carbocycles. The summed E-state index contributed by atoms with van der Waals surface area (Å²) < 4.78 is 41.6. The highest BCUT2D eigenvalue weighted by molar-refractivity contribution is 7.99. The number of aliphatic hydroxyl groups excluding tert-OH is 1. The Morgan fingerprint density at radius 3 is 2.43 bits per heavy atom. The summed E-state index contributed by atoms with van der Waals surface area (Å²) in [6.45, 7) is 5.74. The van der Waals surface area contributed by atoms with Crippen molar-refractivity contribution in [2.24, 2.45) is 5.92 Å². The topological polar surface area (TPSA) is 59.4 Å². The summed E-state index contributed by atoms with van der Waals surface area (Å²) in [7, 11) is 1.24. The first-order valence-electron chi connectivity index (χ1n) is 7.15. The zero-order valence-electron chi connectivity index (χ0n) is 13.6. The number of halogens is 3. The van der Waals surface area contributed by atoms with Crippen LogP contribution in [-0.2, 0) is 15.7 Å². The van der Waals surface area contributed by atoms with E-state index < -0.39 is 23.8 Å². The number of aromatic nitrogens is 1. The molecule has 2 unspecified atom stereocenters. The molecule has 0 spiro atoms. The number of alkyl halides is 3. The Morgan fingerprint density at radius 1 is 1.39 bits per heavy atom. The summed E-state index contributed by atoms with van der Waals surface area (Å²) in [4.78, 5) is 14.7. The molecular formula is C15H22F3NO3S. The van der Waals surface area contributed by atoms with Crippen molar-refractivity contribution in [3.63, 3.8) is 0 Å². The van der Waals surface area contributed by atoms with Gasteiger partial charge in [0.05, 0.1) is 30.2 Å². The van der Waals surface area contributed by atoms with Crippen molar-refractivity contribution in [3.8, 4) is 0 Å². The molecule has 0 aromatic carbocycles. The van der Waals surface area contributed by atoms with Gasteiger partial charge in [0.25, 0.3) is 0 Å². The van der Waals surface area contributed by atoms with Crippen LogP contribution >= 0.6 is 11.8 Å². The van der Waals surface area contributed by atoms with Crippen molar-refractivity contribution in [2.45, 2.75) is 44.5 Å². The van der Waals surface area contributed by atoms with Crippen LogP contribution in [0.25, 0.3) is 0 Å². The number of pyridine rings is 1. The first-order valence-corrected chi connectivity index (χ1v) is 8.13. The van der Waals surface area contributed by atoms with Gasteiger partial charge < -0.3 is 9.84 Å². The van der Waals surface area contributed by atoms with Crippen LogP contribution in [-0.4, -0.2) is 35.0 Å². The summed E-state index contributed by atoms with van der Waals surface area (Å²) >= 11 is 1.22. The molecule has 4 nitrogen and oxygen atoms in total. The number of methoxy groups -OCH3 is 1. The molecule has 0 bridgehead atoms. The standard InChI is InChI=1S/C13H16F3NO3S.C2H6/c1-8(10(18)5-12(19)20-2)7-21-11-4-3-9(6-17-11)13(14,15)16;1-2/h3-4,6,8,10,18H,5,7H2,1-2H3;1-2H3. The molecule has 0 aliphatic heterocycles. The van der Waals surface area contributed by atoms with Crippen LogP contribution in [0.3, 0.4) is 0 Å². The largest absolute Gasteiger partial charge is 0.469 e. The lowest BCUT2D eigenvalue weighted by Gasteiger charge is -2.17. The Kier molecular flexibility index (Phi) is 9.90. The highest BCUT2D eigenvalue weighted by Gasteiger charge is 2.30. The van der Waals surface area contributed by atoms with Gasteiger partial charge in [0.15, 0.2) is 0 Å². The van der Waals surface area contributed by atoms with Crippen LogP contribution in [0.4, 0.5) is 13.2 Å². The van der Waals surface area contributed by atoms with Crippen molar-refractivity contribution >= 4 is 17.7 Å². The molecular weight excluding hydrogens is 331 g/mol. The van der Waals surface area contributed by atoms with Gasteiger partial charge in [-0.3, -0.25) is 4.79 Å². The van der Waals surface area contributed by atoms with E-state index in [-0.39, 0.29) is 12.3 Å². The average molecular weight is 353 g/mol. The second-order valence-electron chi connectivity index (χ2n) is 4.52. The number of aliphatic hydroxyl groups is 1. The number of rotatable bonds is 6. The molecule has 1 heterocycles. The normalized spacial score (nSPS) is 13.6. The van der Waals surface area contributed by atoms with Gasteiger partial charge in [-0.15, -0.1) is 11.8 Å². The molecule has 2 atom stereocenters. The Balaban J connectivity index is 0.00000232. The highest BCUT2D eigenvalue weighted by atomic mass is 32.2. The minimum Gasteiger partial charge on any atom is -0.469 e. The van der Waals surface area contributed by atoms with Crippen molar-refractivity contribution in [2.75, 3.05) is 12.9 Å². The monoisotopic (exact) mass is 353 g/mol. The summed E-state index contributed by atoms with van der Waals surface area (Å²) in [6, 6.07) is 2.25. The Morgan fingerprint density at radius 2 is 2.00 bits per heavy atom. The molecule has 0 aliphatic rings. The number of thioether (sulfide) groups is 1. The maximum absolute atomic E-state index is 12.4. The van der Waals surface area contributed by atoms with Gasteiger partial charge in [-0.2, -0.15) is 13.2 Å². The quantitative estimate of drug-likeness (QED) is 0.623. The Labute approximate surface area is 138 Å². The predicted octanol–water partition coefficient (Wildman–Crippen LogP) is 3.78. The second kappa shape index (κ2) is 10.5. The van der Waals surface area contributed by atoms with Gasteiger partial charge in [0, 0.05) is 11.9 Å². The maximum atomic E-state index is 12.4. The van der Waals surface area contributed by atoms with Crippen LogP contribution in [0.1, 0.15) is 32.8 Å². The van der Waals surface area contributed by atoms with Crippen LogP contribution in [0.15, 0.2) is 23.4 Å². The van der Waals surface area contributed by atoms with Gasteiger partial charge in [-0.1, -0.05) is 20.8 Å². The molecule has 1 aromatic heterocycles. The third kappa shape index (κ3) is 8.22. The first kappa shape index (κ1) is 21.7. The van der Waals surface area contributed by atoms with E-state index in [0.717, 1.165) is 12.3 Å². The molecule has 0 amide bonds. The van der Waals surface area contributed by atoms with Crippen molar-refractivity contribution < 1.29 is 27.8 Å². The third-order valence-corrected chi connectivity index (χ3v) is 4.05. The van der Waals surface area contributed by atoms with Gasteiger partial charge in [0.2, 0.25) is 0 Å². The molecule has 0 radical (unpaired) electrons. The van der Waals surface area contributed by atoms with Crippen molar-refractivity contribution in [3.05, 3.63) is 23.9 Å². The van der Waals surface area contributed by atoms with Gasteiger partial charge in [0.1, 0.15) is 0 Å². The van der Waals surface area contributed by atoms with Crippen molar-refractivity contribution in [1.29, 1.82) is 0 Å². The molecule has 1 rings (SSSR count). The average Bonchev–Trinajstić information content (AvgIpc) is 2.53. The maximum Gasteiger partial charge on any atom is 0.417 e. The first-order chi connectivity index (χ1) is 10.7. The van der Waals surface area contributed by atoms with E-state index in [2.05, 4.69) is 9.72 Å². The zero-order chi connectivity index (χ0) is 18.0. The summed E-state index contributed by atoms with van der Waals surface area (Å²) in [6.07, 6.45) is -4.60. The Bertz CT molecular complexity index is 466. The predicted molar refractivity (Wildman–Crippen MR) is 83.1 cm³/mol. The number of carbonyl (C=O) groups excluding carboxylic acids is 1.